The van der Waals surface area contributed by atoms with E-state index in [4.69, 9.17) is 5.26 Å². The first-order valence-electron chi connectivity index (χ1n) is 2.62. The van der Waals surface area contributed by atoms with Crippen LogP contribution in [0.3, 0.4) is 0 Å². The van der Waals surface area contributed by atoms with Crippen molar-refractivity contribution in [3.63, 3.8) is 0 Å². The van der Waals surface area contributed by atoms with Crippen molar-refractivity contribution in [2.24, 2.45) is 0 Å². The number of carbonyl (C=O) groups is 1. The second-order valence-corrected chi connectivity index (χ2v) is 1.47. The SMILES string of the molecule is C=C/C=C(\C#N)OC(C)=O. The van der Waals surface area contributed by atoms with E-state index < -0.39 is 5.97 Å². The highest BCUT2D eigenvalue weighted by molar-refractivity contribution is 5.68. The van der Waals surface area contributed by atoms with Gasteiger partial charge in [-0.05, 0) is 6.08 Å². The van der Waals surface area contributed by atoms with Crippen molar-refractivity contribution in [2.75, 3.05) is 0 Å². The van der Waals surface area contributed by atoms with Crippen molar-refractivity contribution in [3.05, 3.63) is 24.5 Å². The zero-order chi connectivity index (χ0) is 7.98. The summed E-state index contributed by atoms with van der Waals surface area (Å²) in [6.45, 7) is 4.57. The molecule has 52 valence electrons. The van der Waals surface area contributed by atoms with Crippen molar-refractivity contribution in [2.45, 2.75) is 6.92 Å². The highest BCUT2D eigenvalue weighted by Gasteiger charge is 1.96. The normalized spacial score (nSPS) is 9.80. The molecule has 0 saturated carbocycles. The Balaban J connectivity index is 4.12. The molecule has 0 radical (unpaired) electrons. The molecular weight excluding hydrogens is 130 g/mol. The summed E-state index contributed by atoms with van der Waals surface area (Å²) in [6.07, 6.45) is 2.70. The molecule has 0 spiro atoms. The standard InChI is InChI=1S/C7H7NO2/c1-3-4-7(5-8)10-6(2)9/h3-4H,1H2,2H3/b7-4+. The van der Waals surface area contributed by atoms with Crippen molar-refractivity contribution >= 4 is 5.97 Å². The molecule has 0 atom stereocenters. The number of ether oxygens (including phenoxy) is 1. The van der Waals surface area contributed by atoms with E-state index >= 15 is 0 Å². The molecule has 0 fully saturated rings. The van der Waals surface area contributed by atoms with Crippen LogP contribution in [-0.4, -0.2) is 5.97 Å². The quantitative estimate of drug-likeness (QED) is 0.248. The van der Waals surface area contributed by atoms with Crippen molar-refractivity contribution in [1.29, 1.82) is 5.26 Å². The lowest BCUT2D eigenvalue weighted by Gasteiger charge is -1.93. The molecule has 0 bridgehead atoms. The molecule has 3 heteroatoms. The fourth-order valence-electron chi connectivity index (χ4n) is 0.356. The molecule has 0 unspecified atom stereocenters. The number of esters is 1. The Hall–Kier alpha value is -1.56. The van der Waals surface area contributed by atoms with Gasteiger partial charge in [-0.3, -0.25) is 4.79 Å². The van der Waals surface area contributed by atoms with Crippen LogP contribution >= 0.6 is 0 Å². The van der Waals surface area contributed by atoms with Crippen LogP contribution in [-0.2, 0) is 9.53 Å². The van der Waals surface area contributed by atoms with Crippen molar-refractivity contribution < 1.29 is 9.53 Å². The fraction of sp³-hybridized carbons (Fsp3) is 0.143. The summed E-state index contributed by atoms with van der Waals surface area (Å²) in [5, 5.41) is 8.26. The largest absolute Gasteiger partial charge is 0.415 e. The molecule has 0 heterocycles. The number of carbonyl (C=O) groups excluding carboxylic acids is 1. The van der Waals surface area contributed by atoms with E-state index in [0.717, 1.165) is 0 Å². The van der Waals surface area contributed by atoms with E-state index in [1.807, 2.05) is 0 Å². The van der Waals surface area contributed by atoms with Crippen LogP contribution in [0, 0.1) is 11.3 Å². The van der Waals surface area contributed by atoms with Crippen molar-refractivity contribution in [1.82, 2.24) is 0 Å². The van der Waals surface area contributed by atoms with E-state index in [9.17, 15) is 4.79 Å². The summed E-state index contributed by atoms with van der Waals surface area (Å²) in [5.74, 6) is -0.544. The molecule has 0 aromatic heterocycles. The Bertz CT molecular complexity index is 210. The highest BCUT2D eigenvalue weighted by atomic mass is 16.5. The first kappa shape index (κ1) is 8.44. The lowest BCUT2D eigenvalue weighted by Crippen LogP contribution is -1.96. The van der Waals surface area contributed by atoms with Crippen LogP contribution in [0.5, 0.6) is 0 Å². The lowest BCUT2D eigenvalue weighted by molar-refractivity contribution is -0.136. The molecule has 0 rings (SSSR count). The van der Waals surface area contributed by atoms with E-state index in [1.54, 1.807) is 6.07 Å². The number of hydrogen-bond acceptors (Lipinski definition) is 3. The smallest absolute Gasteiger partial charge is 0.308 e. The van der Waals surface area contributed by atoms with Gasteiger partial charge in [0.05, 0.1) is 0 Å². The van der Waals surface area contributed by atoms with Crippen LogP contribution in [0.15, 0.2) is 24.5 Å². The first-order chi connectivity index (χ1) is 4.70. The number of allylic oxidation sites excluding steroid dienone is 3. The highest BCUT2D eigenvalue weighted by Crippen LogP contribution is 1.94. The average Bonchev–Trinajstić information content (AvgIpc) is 1.86. The monoisotopic (exact) mass is 137 g/mol. The molecule has 0 aliphatic rings. The summed E-state index contributed by atoms with van der Waals surface area (Å²) >= 11 is 0. The summed E-state index contributed by atoms with van der Waals surface area (Å²) in [7, 11) is 0. The number of nitrogens with zero attached hydrogens (tertiary/aromatic N) is 1. The number of nitriles is 1. The van der Waals surface area contributed by atoms with Crippen LogP contribution in [0.4, 0.5) is 0 Å². The zero-order valence-corrected chi connectivity index (χ0v) is 5.63. The predicted molar refractivity (Wildman–Crippen MR) is 35.7 cm³/mol. The first-order valence-corrected chi connectivity index (χ1v) is 2.62. The Morgan fingerprint density at radius 2 is 2.40 bits per heavy atom. The third-order valence-corrected chi connectivity index (χ3v) is 0.633. The zero-order valence-electron chi connectivity index (χ0n) is 5.63. The third-order valence-electron chi connectivity index (χ3n) is 0.633. The van der Waals surface area contributed by atoms with Gasteiger partial charge in [0, 0.05) is 6.92 Å². The summed E-state index contributed by atoms with van der Waals surface area (Å²) in [5.41, 5.74) is 0. The second kappa shape index (κ2) is 4.33. The van der Waals surface area contributed by atoms with Gasteiger partial charge >= 0.3 is 5.97 Å². The number of rotatable bonds is 2. The Kier molecular flexibility index (Phi) is 3.66. The minimum absolute atomic E-state index is 0.0394. The summed E-state index contributed by atoms with van der Waals surface area (Å²) in [4.78, 5) is 10.2. The van der Waals surface area contributed by atoms with Gasteiger partial charge in [-0.15, -0.1) is 0 Å². The van der Waals surface area contributed by atoms with Gasteiger partial charge in [0.2, 0.25) is 5.76 Å². The molecule has 0 saturated heterocycles. The molecule has 0 N–H and O–H groups in total. The minimum Gasteiger partial charge on any atom is -0.415 e. The van der Waals surface area contributed by atoms with Gasteiger partial charge < -0.3 is 4.74 Å². The van der Waals surface area contributed by atoms with E-state index in [1.165, 1.54) is 19.1 Å². The maximum atomic E-state index is 10.2. The lowest BCUT2D eigenvalue weighted by atomic mass is 10.4. The Labute approximate surface area is 59.2 Å². The molecule has 0 amide bonds. The van der Waals surface area contributed by atoms with Crippen LogP contribution < -0.4 is 0 Å². The van der Waals surface area contributed by atoms with Crippen LogP contribution in [0.2, 0.25) is 0 Å². The van der Waals surface area contributed by atoms with E-state index in [-0.39, 0.29) is 5.76 Å². The second-order valence-electron chi connectivity index (χ2n) is 1.47. The van der Waals surface area contributed by atoms with Crippen LogP contribution in [0.1, 0.15) is 6.92 Å². The van der Waals surface area contributed by atoms with Crippen molar-refractivity contribution in [3.8, 4) is 6.07 Å². The molecule has 0 aliphatic carbocycles. The Morgan fingerprint density at radius 1 is 1.80 bits per heavy atom. The van der Waals surface area contributed by atoms with Gasteiger partial charge in [0.1, 0.15) is 6.07 Å². The molecule has 3 nitrogen and oxygen atoms in total. The van der Waals surface area contributed by atoms with Gasteiger partial charge in [-0.25, -0.2) is 0 Å². The Morgan fingerprint density at radius 3 is 2.70 bits per heavy atom. The molecule has 0 aromatic rings. The van der Waals surface area contributed by atoms with Gasteiger partial charge in [0.15, 0.2) is 0 Å². The van der Waals surface area contributed by atoms with Gasteiger partial charge in [-0.1, -0.05) is 12.7 Å². The topological polar surface area (TPSA) is 50.1 Å². The molecule has 0 aromatic carbocycles. The maximum absolute atomic E-state index is 10.2. The summed E-state index contributed by atoms with van der Waals surface area (Å²) in [6, 6.07) is 1.68. The van der Waals surface area contributed by atoms with Crippen LogP contribution in [0.25, 0.3) is 0 Å². The molecule has 10 heavy (non-hydrogen) atoms. The number of hydrogen-bond donors (Lipinski definition) is 0. The molecule has 0 aliphatic heterocycles. The van der Waals surface area contributed by atoms with E-state index in [0.29, 0.717) is 0 Å². The predicted octanol–water partition coefficient (Wildman–Crippen LogP) is 1.14. The minimum atomic E-state index is -0.505. The van der Waals surface area contributed by atoms with Gasteiger partial charge in [0.25, 0.3) is 0 Å². The third kappa shape index (κ3) is 3.44. The average molecular weight is 137 g/mol. The fourth-order valence-corrected chi connectivity index (χ4v) is 0.356. The van der Waals surface area contributed by atoms with E-state index in [2.05, 4.69) is 11.3 Å². The molecular formula is C7H7NO2. The summed E-state index contributed by atoms with van der Waals surface area (Å²) < 4.78 is 4.43. The van der Waals surface area contributed by atoms with Gasteiger partial charge in [-0.2, -0.15) is 5.26 Å². The maximum Gasteiger partial charge on any atom is 0.308 e.